The zero-order valence-corrected chi connectivity index (χ0v) is 11.9. The fraction of sp³-hybridized carbons (Fsp3) is 0.154. The molecule has 0 saturated heterocycles. The minimum absolute atomic E-state index is 0.0486. The largest absolute Gasteiger partial charge is 0.496 e. The Balaban J connectivity index is 1.95. The fourth-order valence-corrected chi connectivity index (χ4v) is 1.81. The molecule has 8 heteroatoms. The first-order valence-electron chi connectivity index (χ1n) is 5.98. The molecule has 1 aromatic carbocycles. The second kappa shape index (κ2) is 6.76. The summed E-state index contributed by atoms with van der Waals surface area (Å²) in [6.07, 6.45) is 4.70. The Morgan fingerprint density at radius 1 is 1.38 bits per heavy atom. The molecule has 0 fully saturated rings. The molecule has 2 N–H and O–H groups in total. The number of halogens is 1. The highest BCUT2D eigenvalue weighted by atomic mass is 35.5. The lowest BCUT2D eigenvalue weighted by molar-refractivity contribution is -0.122. The Labute approximate surface area is 125 Å². The number of hydrogen-bond donors (Lipinski definition) is 2. The van der Waals surface area contributed by atoms with E-state index in [2.05, 4.69) is 15.8 Å². The van der Waals surface area contributed by atoms with E-state index in [-0.39, 0.29) is 18.0 Å². The van der Waals surface area contributed by atoms with Crippen molar-refractivity contribution in [3.05, 3.63) is 47.5 Å². The predicted octanol–water partition coefficient (Wildman–Crippen LogP) is 1.01. The first-order valence-corrected chi connectivity index (χ1v) is 6.36. The topological polar surface area (TPSA) is 85.3 Å². The number of ether oxygens (including phenoxy) is 1. The quantitative estimate of drug-likeness (QED) is 0.825. The van der Waals surface area contributed by atoms with Crippen molar-refractivity contribution in [3.8, 4) is 5.75 Å². The van der Waals surface area contributed by atoms with Gasteiger partial charge in [-0.1, -0.05) is 11.6 Å². The van der Waals surface area contributed by atoms with Gasteiger partial charge in [-0.2, -0.15) is 0 Å². The lowest BCUT2D eigenvalue weighted by Gasteiger charge is -2.10. The molecule has 2 rings (SSSR count). The van der Waals surface area contributed by atoms with Crippen LogP contribution in [-0.4, -0.2) is 28.5 Å². The fourth-order valence-electron chi connectivity index (χ4n) is 1.64. The van der Waals surface area contributed by atoms with E-state index in [4.69, 9.17) is 16.3 Å². The molecule has 21 heavy (non-hydrogen) atoms. The van der Waals surface area contributed by atoms with E-state index in [1.165, 1.54) is 19.5 Å². The lowest BCUT2D eigenvalue weighted by atomic mass is 10.2. The molecule has 0 saturated carbocycles. The number of benzene rings is 1. The highest BCUT2D eigenvalue weighted by Gasteiger charge is 2.13. The number of carbonyl (C=O) groups excluding carboxylic acids is 2. The number of nitrogens with one attached hydrogen (secondary N) is 2. The van der Waals surface area contributed by atoms with Crippen molar-refractivity contribution in [1.29, 1.82) is 0 Å². The molecule has 0 aliphatic heterocycles. The van der Waals surface area contributed by atoms with Crippen LogP contribution in [0.4, 0.5) is 0 Å². The summed E-state index contributed by atoms with van der Waals surface area (Å²) in [7, 11) is 1.44. The average Bonchev–Trinajstić information content (AvgIpc) is 2.97. The summed E-state index contributed by atoms with van der Waals surface area (Å²) < 4.78 is 6.64. The number of nitrogens with zero attached hydrogens (tertiary/aromatic N) is 2. The third-order valence-corrected chi connectivity index (χ3v) is 2.84. The van der Waals surface area contributed by atoms with Crippen molar-refractivity contribution in [2.75, 3.05) is 7.11 Å². The number of aromatic nitrogens is 2. The molecule has 0 atom stereocenters. The summed E-state index contributed by atoms with van der Waals surface area (Å²) in [5.41, 5.74) is 4.84. The number of methoxy groups -OCH3 is 1. The molecule has 0 bridgehead atoms. The van der Waals surface area contributed by atoms with Crippen LogP contribution in [0, 0.1) is 0 Å². The van der Waals surface area contributed by atoms with E-state index >= 15 is 0 Å². The maximum absolute atomic E-state index is 12.0. The standard InChI is InChI=1S/C13H13ClN4O3/c1-21-11-3-2-9(14)6-10(11)13(20)17-16-12(19)7-18-5-4-15-8-18/h2-6,8H,7H2,1H3,(H,16,19)(H,17,20). The molecule has 7 nitrogen and oxygen atoms in total. The average molecular weight is 309 g/mol. The summed E-state index contributed by atoms with van der Waals surface area (Å²) >= 11 is 5.84. The first kappa shape index (κ1) is 14.9. The van der Waals surface area contributed by atoms with Gasteiger partial charge in [0.2, 0.25) is 0 Å². The Kier molecular flexibility index (Phi) is 4.78. The van der Waals surface area contributed by atoms with Crippen LogP contribution < -0.4 is 15.6 Å². The minimum Gasteiger partial charge on any atom is -0.496 e. The lowest BCUT2D eigenvalue weighted by Crippen LogP contribution is -2.43. The molecular weight excluding hydrogens is 296 g/mol. The van der Waals surface area contributed by atoms with Gasteiger partial charge >= 0.3 is 0 Å². The van der Waals surface area contributed by atoms with Gasteiger partial charge in [-0.25, -0.2) is 4.98 Å². The Hall–Kier alpha value is -2.54. The van der Waals surface area contributed by atoms with Crippen molar-refractivity contribution < 1.29 is 14.3 Å². The second-order valence-electron chi connectivity index (χ2n) is 4.08. The van der Waals surface area contributed by atoms with Gasteiger partial charge in [0.05, 0.1) is 19.0 Å². The molecule has 0 radical (unpaired) electrons. The van der Waals surface area contributed by atoms with Gasteiger partial charge in [0.15, 0.2) is 0 Å². The van der Waals surface area contributed by atoms with E-state index < -0.39 is 5.91 Å². The maximum Gasteiger partial charge on any atom is 0.273 e. The Bertz CT molecular complexity index is 643. The van der Waals surface area contributed by atoms with Crippen LogP contribution >= 0.6 is 11.6 Å². The van der Waals surface area contributed by atoms with Crippen LogP contribution in [0.15, 0.2) is 36.9 Å². The highest BCUT2D eigenvalue weighted by Crippen LogP contribution is 2.22. The number of imidazole rings is 1. The molecule has 1 heterocycles. The molecule has 0 spiro atoms. The third-order valence-electron chi connectivity index (χ3n) is 2.61. The Morgan fingerprint density at radius 2 is 2.19 bits per heavy atom. The zero-order chi connectivity index (χ0) is 15.2. The summed E-state index contributed by atoms with van der Waals surface area (Å²) in [5.74, 6) is -0.545. The van der Waals surface area contributed by atoms with Crippen LogP contribution in [0.2, 0.25) is 5.02 Å². The van der Waals surface area contributed by atoms with Crippen molar-refractivity contribution in [3.63, 3.8) is 0 Å². The van der Waals surface area contributed by atoms with Crippen LogP contribution in [-0.2, 0) is 11.3 Å². The van der Waals surface area contributed by atoms with E-state index in [1.807, 2.05) is 0 Å². The molecule has 110 valence electrons. The van der Waals surface area contributed by atoms with Gasteiger partial charge in [-0.3, -0.25) is 20.4 Å². The zero-order valence-electron chi connectivity index (χ0n) is 11.2. The van der Waals surface area contributed by atoms with Crippen molar-refractivity contribution in [2.45, 2.75) is 6.54 Å². The van der Waals surface area contributed by atoms with Gasteiger partial charge < -0.3 is 9.30 Å². The smallest absolute Gasteiger partial charge is 0.273 e. The van der Waals surface area contributed by atoms with Gasteiger partial charge in [-0.15, -0.1) is 0 Å². The summed E-state index contributed by atoms with van der Waals surface area (Å²) in [5, 5.41) is 0.394. The normalized spacial score (nSPS) is 10.0. The van der Waals surface area contributed by atoms with Gasteiger partial charge in [0, 0.05) is 17.4 Å². The molecule has 0 aliphatic rings. The number of carbonyl (C=O) groups is 2. The van der Waals surface area contributed by atoms with Crippen molar-refractivity contribution in [2.24, 2.45) is 0 Å². The van der Waals surface area contributed by atoms with E-state index in [1.54, 1.807) is 29.1 Å². The number of amides is 2. The summed E-state index contributed by atoms with van der Waals surface area (Å²) in [6.45, 7) is 0.0486. The second-order valence-corrected chi connectivity index (χ2v) is 4.52. The summed E-state index contributed by atoms with van der Waals surface area (Å²) in [6, 6.07) is 4.64. The minimum atomic E-state index is -0.520. The maximum atomic E-state index is 12.0. The molecule has 2 aromatic rings. The number of rotatable bonds is 4. The predicted molar refractivity (Wildman–Crippen MR) is 75.8 cm³/mol. The van der Waals surface area contributed by atoms with Crippen molar-refractivity contribution in [1.82, 2.24) is 20.4 Å². The van der Waals surface area contributed by atoms with E-state index in [9.17, 15) is 9.59 Å². The summed E-state index contributed by atoms with van der Waals surface area (Å²) in [4.78, 5) is 27.5. The molecular formula is C13H13ClN4O3. The molecule has 1 aromatic heterocycles. The number of hydrazine groups is 1. The molecule has 0 unspecified atom stereocenters. The first-order chi connectivity index (χ1) is 10.1. The van der Waals surface area contributed by atoms with E-state index in [0.717, 1.165) is 0 Å². The van der Waals surface area contributed by atoms with Gasteiger partial charge in [0.25, 0.3) is 11.8 Å². The molecule has 0 aliphatic carbocycles. The third kappa shape index (κ3) is 3.96. The number of hydrogen-bond acceptors (Lipinski definition) is 4. The highest BCUT2D eigenvalue weighted by molar-refractivity contribution is 6.31. The Morgan fingerprint density at radius 3 is 2.86 bits per heavy atom. The van der Waals surface area contributed by atoms with Crippen LogP contribution in [0.3, 0.4) is 0 Å². The van der Waals surface area contributed by atoms with Gasteiger partial charge in [-0.05, 0) is 18.2 Å². The van der Waals surface area contributed by atoms with Crippen LogP contribution in [0.5, 0.6) is 5.75 Å². The van der Waals surface area contributed by atoms with Gasteiger partial charge in [0.1, 0.15) is 12.3 Å². The van der Waals surface area contributed by atoms with E-state index in [0.29, 0.717) is 10.8 Å². The van der Waals surface area contributed by atoms with Crippen LogP contribution in [0.1, 0.15) is 10.4 Å². The SMILES string of the molecule is COc1ccc(Cl)cc1C(=O)NNC(=O)Cn1ccnc1. The monoisotopic (exact) mass is 308 g/mol. The molecule has 2 amide bonds. The van der Waals surface area contributed by atoms with Crippen LogP contribution in [0.25, 0.3) is 0 Å². The van der Waals surface area contributed by atoms with Crippen molar-refractivity contribution >= 4 is 23.4 Å².